The summed E-state index contributed by atoms with van der Waals surface area (Å²) in [7, 11) is 1.70. The number of nitrogens with zero attached hydrogens (tertiary/aromatic N) is 1. The molecule has 0 bridgehead atoms. The van der Waals surface area contributed by atoms with E-state index in [-0.39, 0.29) is 17.2 Å². The molecule has 2 aromatic rings. The third kappa shape index (κ3) is 2.83. The van der Waals surface area contributed by atoms with Gasteiger partial charge in [0.1, 0.15) is 5.75 Å². The molecule has 1 aromatic carbocycles. The Labute approximate surface area is 114 Å². The zero-order valence-corrected chi connectivity index (χ0v) is 11.3. The summed E-state index contributed by atoms with van der Waals surface area (Å²) >= 11 is 7.32. The fourth-order valence-electron chi connectivity index (χ4n) is 1.62. The minimum Gasteiger partial charge on any atom is -0.507 e. The van der Waals surface area contributed by atoms with E-state index in [1.165, 1.54) is 12.1 Å². The van der Waals surface area contributed by atoms with Crippen LogP contribution in [0, 0.1) is 0 Å². The first-order chi connectivity index (χ1) is 8.58. The summed E-state index contributed by atoms with van der Waals surface area (Å²) in [6.07, 6.45) is 0. The van der Waals surface area contributed by atoms with Crippen molar-refractivity contribution in [3.8, 4) is 5.75 Å². The summed E-state index contributed by atoms with van der Waals surface area (Å²) < 4.78 is 0. The lowest BCUT2D eigenvalue weighted by Gasteiger charge is -2.17. The number of hydrogen-bond acceptors (Lipinski definition) is 3. The number of benzene rings is 1. The molecule has 0 unspecified atom stereocenters. The average molecular weight is 282 g/mol. The van der Waals surface area contributed by atoms with Gasteiger partial charge >= 0.3 is 0 Å². The molecule has 3 nitrogen and oxygen atoms in total. The zero-order chi connectivity index (χ0) is 13.1. The Balaban J connectivity index is 2.15. The van der Waals surface area contributed by atoms with Crippen molar-refractivity contribution in [2.45, 2.75) is 6.54 Å². The van der Waals surface area contributed by atoms with E-state index in [2.05, 4.69) is 0 Å². The van der Waals surface area contributed by atoms with Crippen LogP contribution in [0.4, 0.5) is 0 Å². The van der Waals surface area contributed by atoms with E-state index in [9.17, 15) is 9.90 Å². The molecular weight excluding hydrogens is 270 g/mol. The van der Waals surface area contributed by atoms with Crippen molar-refractivity contribution in [3.05, 3.63) is 51.2 Å². The van der Waals surface area contributed by atoms with Gasteiger partial charge in [0, 0.05) is 18.6 Å². The molecule has 1 aromatic heterocycles. The van der Waals surface area contributed by atoms with Crippen molar-refractivity contribution in [1.29, 1.82) is 0 Å². The topological polar surface area (TPSA) is 40.5 Å². The van der Waals surface area contributed by atoms with Crippen molar-refractivity contribution in [3.63, 3.8) is 0 Å². The number of carbonyl (C=O) groups excluding carboxylic acids is 1. The number of carbonyl (C=O) groups is 1. The second-order valence-electron chi connectivity index (χ2n) is 3.95. The smallest absolute Gasteiger partial charge is 0.257 e. The van der Waals surface area contributed by atoms with E-state index >= 15 is 0 Å². The molecule has 0 atom stereocenters. The molecule has 2 rings (SSSR count). The molecule has 1 heterocycles. The molecule has 18 heavy (non-hydrogen) atoms. The van der Waals surface area contributed by atoms with Gasteiger partial charge in [-0.3, -0.25) is 4.79 Å². The predicted octanol–water partition coefficient (Wildman–Crippen LogP) is 3.38. The first-order valence-corrected chi connectivity index (χ1v) is 6.65. The monoisotopic (exact) mass is 281 g/mol. The van der Waals surface area contributed by atoms with Gasteiger partial charge in [0.25, 0.3) is 5.91 Å². The van der Waals surface area contributed by atoms with E-state index in [4.69, 9.17) is 11.6 Å². The number of phenols is 1. The molecule has 1 N–H and O–H groups in total. The quantitative estimate of drug-likeness (QED) is 0.937. The molecular formula is C13H12ClNO2S. The van der Waals surface area contributed by atoms with E-state index < -0.39 is 0 Å². The minimum absolute atomic E-state index is 0.0929. The lowest BCUT2D eigenvalue weighted by atomic mass is 10.1. The number of phenolic OH excluding ortho intramolecular Hbond substituents is 1. The van der Waals surface area contributed by atoms with E-state index in [1.807, 2.05) is 16.8 Å². The van der Waals surface area contributed by atoms with Gasteiger partial charge in [0.05, 0.1) is 5.56 Å². The first kappa shape index (κ1) is 12.9. The Bertz CT molecular complexity index is 554. The highest BCUT2D eigenvalue weighted by Crippen LogP contribution is 2.23. The average Bonchev–Trinajstić information content (AvgIpc) is 2.81. The van der Waals surface area contributed by atoms with Gasteiger partial charge in [0.15, 0.2) is 0 Å². The molecule has 0 spiro atoms. The number of hydrogen-bond donors (Lipinski definition) is 1. The summed E-state index contributed by atoms with van der Waals surface area (Å²) in [6, 6.07) is 6.46. The van der Waals surface area contributed by atoms with Gasteiger partial charge in [-0.15, -0.1) is 0 Å². The number of amides is 1. The molecule has 0 saturated carbocycles. The van der Waals surface area contributed by atoms with Crippen LogP contribution in [0.2, 0.25) is 5.02 Å². The van der Waals surface area contributed by atoms with E-state index in [0.29, 0.717) is 11.6 Å². The van der Waals surface area contributed by atoms with Crippen LogP contribution >= 0.6 is 22.9 Å². The SMILES string of the molecule is CN(Cc1ccsc1)C(=O)c1ccc(Cl)cc1O. The predicted molar refractivity (Wildman–Crippen MR) is 73.2 cm³/mol. The normalized spacial score (nSPS) is 10.3. The van der Waals surface area contributed by atoms with Crippen LogP contribution < -0.4 is 0 Å². The first-order valence-electron chi connectivity index (χ1n) is 5.33. The summed E-state index contributed by atoms with van der Waals surface area (Å²) in [5, 5.41) is 14.1. The van der Waals surface area contributed by atoms with Crippen LogP contribution in [0.5, 0.6) is 5.75 Å². The standard InChI is InChI=1S/C13H12ClNO2S/c1-15(7-9-4-5-18-8-9)13(17)11-3-2-10(14)6-12(11)16/h2-6,8,16H,7H2,1H3. The molecule has 5 heteroatoms. The van der Waals surface area contributed by atoms with Crippen molar-refractivity contribution in [2.24, 2.45) is 0 Å². The summed E-state index contributed by atoms with van der Waals surface area (Å²) in [5.74, 6) is -0.319. The van der Waals surface area contributed by atoms with Crippen LogP contribution in [0.1, 0.15) is 15.9 Å². The fourth-order valence-corrected chi connectivity index (χ4v) is 2.45. The molecule has 0 aliphatic carbocycles. The summed E-state index contributed by atoms with van der Waals surface area (Å²) in [4.78, 5) is 13.7. The molecule has 0 saturated heterocycles. The number of thiophene rings is 1. The summed E-state index contributed by atoms with van der Waals surface area (Å²) in [5.41, 5.74) is 1.33. The second-order valence-corrected chi connectivity index (χ2v) is 5.17. The highest BCUT2D eigenvalue weighted by molar-refractivity contribution is 7.07. The minimum atomic E-state index is -0.227. The Hall–Kier alpha value is -1.52. The highest BCUT2D eigenvalue weighted by Gasteiger charge is 2.16. The Kier molecular flexibility index (Phi) is 3.89. The molecule has 1 amide bonds. The zero-order valence-electron chi connectivity index (χ0n) is 9.76. The maximum atomic E-state index is 12.1. The van der Waals surface area contributed by atoms with Crippen molar-refractivity contribution in [2.75, 3.05) is 7.05 Å². The molecule has 0 aliphatic rings. The molecule has 0 radical (unpaired) electrons. The Morgan fingerprint density at radius 2 is 2.22 bits per heavy atom. The van der Waals surface area contributed by atoms with Crippen LogP contribution in [-0.2, 0) is 6.54 Å². The van der Waals surface area contributed by atoms with Gasteiger partial charge in [-0.25, -0.2) is 0 Å². The Morgan fingerprint density at radius 3 is 2.83 bits per heavy atom. The molecule has 0 aliphatic heterocycles. The van der Waals surface area contributed by atoms with Gasteiger partial charge < -0.3 is 10.0 Å². The van der Waals surface area contributed by atoms with Crippen LogP contribution in [0.15, 0.2) is 35.0 Å². The van der Waals surface area contributed by atoms with Gasteiger partial charge in [-0.1, -0.05) is 11.6 Å². The van der Waals surface area contributed by atoms with Gasteiger partial charge in [-0.2, -0.15) is 11.3 Å². The van der Waals surface area contributed by atoms with Crippen LogP contribution in [0.25, 0.3) is 0 Å². The lowest BCUT2D eigenvalue weighted by molar-refractivity contribution is 0.0782. The number of aromatic hydroxyl groups is 1. The largest absolute Gasteiger partial charge is 0.507 e. The lowest BCUT2D eigenvalue weighted by Crippen LogP contribution is -2.26. The van der Waals surface area contributed by atoms with Crippen molar-refractivity contribution >= 4 is 28.8 Å². The second kappa shape index (κ2) is 5.42. The van der Waals surface area contributed by atoms with Crippen LogP contribution in [-0.4, -0.2) is 23.0 Å². The number of rotatable bonds is 3. The van der Waals surface area contributed by atoms with Crippen molar-refractivity contribution < 1.29 is 9.90 Å². The third-order valence-electron chi connectivity index (χ3n) is 2.54. The highest BCUT2D eigenvalue weighted by atomic mass is 35.5. The summed E-state index contributed by atoms with van der Waals surface area (Å²) in [6.45, 7) is 0.518. The van der Waals surface area contributed by atoms with Crippen LogP contribution in [0.3, 0.4) is 0 Å². The van der Waals surface area contributed by atoms with Gasteiger partial charge in [-0.05, 0) is 40.6 Å². The van der Waals surface area contributed by atoms with E-state index in [1.54, 1.807) is 29.4 Å². The third-order valence-corrected chi connectivity index (χ3v) is 3.50. The molecule has 0 fully saturated rings. The maximum Gasteiger partial charge on any atom is 0.257 e. The van der Waals surface area contributed by atoms with Gasteiger partial charge in [0.2, 0.25) is 0 Å². The van der Waals surface area contributed by atoms with Crippen molar-refractivity contribution in [1.82, 2.24) is 4.90 Å². The number of halogens is 1. The van der Waals surface area contributed by atoms with E-state index in [0.717, 1.165) is 5.56 Å². The Morgan fingerprint density at radius 1 is 1.44 bits per heavy atom. The maximum absolute atomic E-state index is 12.1. The fraction of sp³-hybridized carbons (Fsp3) is 0.154. The molecule has 94 valence electrons.